The van der Waals surface area contributed by atoms with Crippen LogP contribution >= 0.6 is 0 Å². The van der Waals surface area contributed by atoms with Crippen molar-refractivity contribution in [2.24, 2.45) is 0 Å². The van der Waals surface area contributed by atoms with Crippen LogP contribution in [0.25, 0.3) is 11.1 Å². The van der Waals surface area contributed by atoms with Crippen molar-refractivity contribution >= 4 is 70.2 Å². The zero-order valence-electron chi connectivity index (χ0n) is 6.48. The fourth-order valence-electron chi connectivity index (χ4n) is 0.646. The Hall–Kier alpha value is 0.550. The molecular formula is C5H3N3Na2O. The van der Waals surface area contributed by atoms with Crippen LogP contribution in [0.15, 0.2) is 22.9 Å². The fraction of sp³-hybridized carbons (Fsp3) is 0. The molecule has 0 aliphatic rings. The Morgan fingerprint density at radius 1 is 1.27 bits per heavy atom. The van der Waals surface area contributed by atoms with Crippen molar-refractivity contribution in [2.45, 2.75) is 0 Å². The minimum atomic E-state index is 0. The monoisotopic (exact) mass is 167 g/mol. The summed E-state index contributed by atoms with van der Waals surface area (Å²) in [4.78, 5) is 0. The standard InChI is InChI=1S/C5H3N3O.2Na/c1-2-9-5-3-6-8-7-4(1)5;;/h1-3H;;. The Labute approximate surface area is 107 Å². The molecule has 2 aromatic rings. The second-order valence-corrected chi connectivity index (χ2v) is 1.60. The molecule has 0 amide bonds. The van der Waals surface area contributed by atoms with Gasteiger partial charge in [0.15, 0.2) is 5.58 Å². The number of rotatable bonds is 0. The first-order chi connectivity index (χ1) is 4.47. The van der Waals surface area contributed by atoms with Gasteiger partial charge in [-0.2, -0.15) is 0 Å². The summed E-state index contributed by atoms with van der Waals surface area (Å²) < 4.78 is 4.95. The molecule has 0 atom stereocenters. The van der Waals surface area contributed by atoms with E-state index in [1.165, 1.54) is 6.20 Å². The predicted octanol–water partition coefficient (Wildman–Crippen LogP) is -0.144. The van der Waals surface area contributed by atoms with Crippen molar-refractivity contribution in [3.8, 4) is 0 Å². The fourth-order valence-corrected chi connectivity index (χ4v) is 0.646. The van der Waals surface area contributed by atoms with Crippen molar-refractivity contribution in [2.75, 3.05) is 0 Å². The quantitative estimate of drug-likeness (QED) is 0.512. The van der Waals surface area contributed by atoms with E-state index in [0.29, 0.717) is 5.58 Å². The maximum absolute atomic E-state index is 4.95. The predicted molar refractivity (Wildman–Crippen MR) is 41.1 cm³/mol. The number of furan rings is 1. The van der Waals surface area contributed by atoms with Gasteiger partial charge in [0.25, 0.3) is 0 Å². The van der Waals surface area contributed by atoms with E-state index in [-0.39, 0.29) is 59.1 Å². The third kappa shape index (κ3) is 2.50. The average molecular weight is 167 g/mol. The molecule has 0 saturated carbocycles. The van der Waals surface area contributed by atoms with Gasteiger partial charge in [-0.15, -0.1) is 10.2 Å². The molecule has 0 fully saturated rings. The zero-order valence-corrected chi connectivity index (χ0v) is 10.5. The number of hydrogen-bond acceptors (Lipinski definition) is 4. The van der Waals surface area contributed by atoms with Crippen molar-refractivity contribution in [3.05, 3.63) is 18.5 Å². The van der Waals surface area contributed by atoms with Gasteiger partial charge in [0.2, 0.25) is 0 Å². The molecule has 46 valence electrons. The molecule has 0 saturated heterocycles. The molecule has 11 heavy (non-hydrogen) atoms. The van der Waals surface area contributed by atoms with Gasteiger partial charge in [0.1, 0.15) is 5.52 Å². The van der Waals surface area contributed by atoms with Crippen molar-refractivity contribution in [1.82, 2.24) is 15.4 Å². The molecule has 2 heterocycles. The van der Waals surface area contributed by atoms with E-state index in [1.807, 2.05) is 0 Å². The van der Waals surface area contributed by atoms with Crippen LogP contribution in [-0.4, -0.2) is 74.5 Å². The molecule has 2 aromatic heterocycles. The molecule has 4 nitrogen and oxygen atoms in total. The summed E-state index contributed by atoms with van der Waals surface area (Å²) in [5.74, 6) is 0. The summed E-state index contributed by atoms with van der Waals surface area (Å²) in [6.45, 7) is 0. The summed E-state index contributed by atoms with van der Waals surface area (Å²) in [6.07, 6.45) is 3.09. The summed E-state index contributed by atoms with van der Waals surface area (Å²) in [6, 6.07) is 1.74. The Morgan fingerprint density at radius 2 is 2.09 bits per heavy atom. The summed E-state index contributed by atoms with van der Waals surface area (Å²) in [5, 5.41) is 10.6. The normalized spacial score (nSPS) is 8.36. The van der Waals surface area contributed by atoms with Gasteiger partial charge in [0.05, 0.1) is 12.5 Å². The molecule has 0 aromatic carbocycles. The second-order valence-electron chi connectivity index (χ2n) is 1.60. The molecule has 0 N–H and O–H groups in total. The average Bonchev–Trinajstić information content (AvgIpc) is 2.33. The number of nitrogens with zero attached hydrogens (tertiary/aromatic N) is 3. The maximum atomic E-state index is 4.95. The van der Waals surface area contributed by atoms with Crippen LogP contribution in [0.1, 0.15) is 0 Å². The Bertz CT molecular complexity index is 294. The molecule has 0 aliphatic carbocycles. The minimum absolute atomic E-state index is 0. The van der Waals surface area contributed by atoms with Gasteiger partial charge in [-0.25, -0.2) is 0 Å². The third-order valence-corrected chi connectivity index (χ3v) is 1.05. The first-order valence-electron chi connectivity index (χ1n) is 2.48. The molecule has 0 spiro atoms. The number of hydrogen-bond donors (Lipinski definition) is 0. The van der Waals surface area contributed by atoms with E-state index in [1.54, 1.807) is 12.3 Å². The molecule has 2 radical (unpaired) electrons. The van der Waals surface area contributed by atoms with Gasteiger partial charge in [0, 0.05) is 65.2 Å². The molecule has 0 unspecified atom stereocenters. The number of aromatic nitrogens is 3. The number of fused-ring (bicyclic) bond motifs is 1. The van der Waals surface area contributed by atoms with Gasteiger partial charge >= 0.3 is 0 Å². The Morgan fingerprint density at radius 3 is 2.82 bits per heavy atom. The molecular weight excluding hydrogens is 164 g/mol. The SMILES string of the molecule is [Na].[Na].c1cc2nnncc2o1. The van der Waals surface area contributed by atoms with Crippen LogP contribution in [-0.2, 0) is 0 Å². The molecule has 6 heteroatoms. The summed E-state index contributed by atoms with van der Waals surface area (Å²) >= 11 is 0. The van der Waals surface area contributed by atoms with Crippen LogP contribution < -0.4 is 0 Å². The van der Waals surface area contributed by atoms with Crippen LogP contribution in [0.5, 0.6) is 0 Å². The van der Waals surface area contributed by atoms with Crippen LogP contribution in [0, 0.1) is 0 Å². The van der Waals surface area contributed by atoms with E-state index in [0.717, 1.165) is 5.52 Å². The Kier molecular flexibility index (Phi) is 5.50. The first kappa shape index (κ1) is 11.6. The minimum Gasteiger partial charge on any atom is -0.461 e. The third-order valence-electron chi connectivity index (χ3n) is 1.05. The van der Waals surface area contributed by atoms with E-state index in [4.69, 9.17) is 4.42 Å². The van der Waals surface area contributed by atoms with Gasteiger partial charge in [-0.05, 0) is 5.21 Å². The van der Waals surface area contributed by atoms with Crippen molar-refractivity contribution < 1.29 is 4.42 Å². The van der Waals surface area contributed by atoms with Crippen molar-refractivity contribution in [3.63, 3.8) is 0 Å². The van der Waals surface area contributed by atoms with E-state index >= 15 is 0 Å². The van der Waals surface area contributed by atoms with Gasteiger partial charge < -0.3 is 4.42 Å². The molecule has 0 aliphatic heterocycles. The van der Waals surface area contributed by atoms with E-state index in [9.17, 15) is 0 Å². The molecule has 2 rings (SSSR count). The topological polar surface area (TPSA) is 51.8 Å². The van der Waals surface area contributed by atoms with Crippen LogP contribution in [0.3, 0.4) is 0 Å². The first-order valence-corrected chi connectivity index (χ1v) is 2.48. The van der Waals surface area contributed by atoms with Gasteiger partial charge in [-0.1, -0.05) is 0 Å². The van der Waals surface area contributed by atoms with Gasteiger partial charge in [-0.3, -0.25) is 0 Å². The van der Waals surface area contributed by atoms with E-state index < -0.39 is 0 Å². The molecule has 0 bridgehead atoms. The van der Waals surface area contributed by atoms with E-state index in [2.05, 4.69) is 15.4 Å². The largest absolute Gasteiger partial charge is 0.461 e. The summed E-state index contributed by atoms with van der Waals surface area (Å²) in [5.41, 5.74) is 1.41. The van der Waals surface area contributed by atoms with Crippen LogP contribution in [0.4, 0.5) is 0 Å². The second kappa shape index (κ2) is 5.24. The smallest absolute Gasteiger partial charge is 0.174 e. The Balaban J connectivity index is 0.000000500. The summed E-state index contributed by atoms with van der Waals surface area (Å²) in [7, 11) is 0. The van der Waals surface area contributed by atoms with Crippen LogP contribution in [0.2, 0.25) is 0 Å². The maximum Gasteiger partial charge on any atom is 0.174 e. The van der Waals surface area contributed by atoms with Crippen molar-refractivity contribution in [1.29, 1.82) is 0 Å². The zero-order chi connectivity index (χ0) is 6.10.